The quantitative estimate of drug-likeness (QED) is 0.808. The third kappa shape index (κ3) is 4.44. The molecule has 2 aliphatic heterocycles. The molecule has 25 heavy (non-hydrogen) atoms. The van der Waals surface area contributed by atoms with Gasteiger partial charge >= 0.3 is 0 Å². The van der Waals surface area contributed by atoms with Crippen LogP contribution in [0.1, 0.15) is 13.8 Å². The highest BCUT2D eigenvalue weighted by atomic mass is 32.2. The molecular weight excluding hydrogens is 344 g/mol. The average Bonchev–Trinajstić information content (AvgIpc) is 2.62. The number of nitrogens with one attached hydrogen (secondary N) is 1. The lowest BCUT2D eigenvalue weighted by Gasteiger charge is -2.36. The number of hydrogen-bond acceptors (Lipinski definition) is 6. The topological polar surface area (TPSA) is 77.1 Å². The molecule has 0 spiro atoms. The molecule has 1 fully saturated rings. The number of sulfonamides is 1. The van der Waals surface area contributed by atoms with Crippen LogP contribution in [0.3, 0.4) is 0 Å². The molecule has 0 bridgehead atoms. The van der Waals surface area contributed by atoms with E-state index in [1.807, 2.05) is 0 Å². The molecule has 0 unspecified atom stereocenters. The Morgan fingerprint density at radius 2 is 1.76 bits per heavy atom. The van der Waals surface area contributed by atoms with Crippen molar-refractivity contribution in [2.45, 2.75) is 24.8 Å². The Morgan fingerprint density at radius 1 is 1.08 bits per heavy atom. The number of hydrogen-bond donors (Lipinski definition) is 1. The standard InChI is InChI=1S/C17H26N2O5S/c1-13(2)15(19-5-7-22-8-6-19)12-18-25(20,21)14-3-4-16-17(11-14)24-10-9-23-16/h3-4,11,13,15,18H,5-10,12H2,1-2H3/t15-/m1/s1. The Morgan fingerprint density at radius 3 is 2.44 bits per heavy atom. The van der Waals surface area contributed by atoms with Gasteiger partial charge in [-0.25, -0.2) is 13.1 Å². The van der Waals surface area contributed by atoms with Gasteiger partial charge in [0, 0.05) is 31.7 Å². The molecule has 1 saturated heterocycles. The van der Waals surface area contributed by atoms with Gasteiger partial charge in [0.2, 0.25) is 10.0 Å². The molecule has 0 saturated carbocycles. The van der Waals surface area contributed by atoms with Crippen molar-refractivity contribution in [2.24, 2.45) is 5.92 Å². The molecule has 1 N–H and O–H groups in total. The maximum atomic E-state index is 12.7. The Balaban J connectivity index is 1.69. The minimum atomic E-state index is -3.60. The summed E-state index contributed by atoms with van der Waals surface area (Å²) in [6.45, 7) is 8.54. The number of fused-ring (bicyclic) bond motifs is 1. The van der Waals surface area contributed by atoms with E-state index in [1.54, 1.807) is 12.1 Å². The molecule has 0 aromatic heterocycles. The predicted molar refractivity (Wildman–Crippen MR) is 93.6 cm³/mol. The van der Waals surface area contributed by atoms with Crippen LogP contribution in [-0.4, -0.2) is 65.4 Å². The number of nitrogens with zero attached hydrogens (tertiary/aromatic N) is 1. The van der Waals surface area contributed by atoms with Crippen LogP contribution in [0.25, 0.3) is 0 Å². The minimum Gasteiger partial charge on any atom is -0.486 e. The SMILES string of the molecule is CC(C)[C@@H](CNS(=O)(=O)c1ccc2c(c1)OCCO2)N1CCOCC1. The van der Waals surface area contributed by atoms with Crippen LogP contribution < -0.4 is 14.2 Å². The van der Waals surface area contributed by atoms with Gasteiger partial charge in [0.1, 0.15) is 13.2 Å². The summed E-state index contributed by atoms with van der Waals surface area (Å²) in [4.78, 5) is 2.49. The Kier molecular flexibility index (Phi) is 5.83. The van der Waals surface area contributed by atoms with Crippen molar-refractivity contribution in [3.8, 4) is 11.5 Å². The van der Waals surface area contributed by atoms with E-state index < -0.39 is 10.0 Å². The van der Waals surface area contributed by atoms with Gasteiger partial charge in [0.25, 0.3) is 0 Å². The maximum Gasteiger partial charge on any atom is 0.240 e. The lowest BCUT2D eigenvalue weighted by atomic mass is 10.0. The second-order valence-electron chi connectivity index (χ2n) is 6.62. The van der Waals surface area contributed by atoms with Crippen molar-refractivity contribution in [1.82, 2.24) is 9.62 Å². The first-order valence-corrected chi connectivity index (χ1v) is 10.2. The first-order chi connectivity index (χ1) is 12.0. The zero-order valence-corrected chi connectivity index (χ0v) is 15.5. The highest BCUT2D eigenvalue weighted by molar-refractivity contribution is 7.89. The van der Waals surface area contributed by atoms with Crippen LogP contribution in [0, 0.1) is 5.92 Å². The van der Waals surface area contributed by atoms with E-state index >= 15 is 0 Å². The summed E-state index contributed by atoms with van der Waals surface area (Å²) >= 11 is 0. The maximum absolute atomic E-state index is 12.7. The summed E-state index contributed by atoms with van der Waals surface area (Å²) in [5, 5.41) is 0. The summed E-state index contributed by atoms with van der Waals surface area (Å²) in [5.41, 5.74) is 0. The van der Waals surface area contributed by atoms with Crippen LogP contribution in [-0.2, 0) is 14.8 Å². The normalized spacial score (nSPS) is 19.8. The van der Waals surface area contributed by atoms with Crippen molar-refractivity contribution < 1.29 is 22.6 Å². The van der Waals surface area contributed by atoms with Gasteiger partial charge < -0.3 is 14.2 Å². The molecule has 0 amide bonds. The van der Waals surface area contributed by atoms with Crippen molar-refractivity contribution in [3.05, 3.63) is 18.2 Å². The van der Waals surface area contributed by atoms with Crippen LogP contribution in [0.4, 0.5) is 0 Å². The van der Waals surface area contributed by atoms with Gasteiger partial charge in [-0.1, -0.05) is 13.8 Å². The van der Waals surface area contributed by atoms with Crippen LogP contribution in [0.2, 0.25) is 0 Å². The molecule has 1 atom stereocenters. The van der Waals surface area contributed by atoms with Crippen LogP contribution in [0.5, 0.6) is 11.5 Å². The zero-order valence-electron chi connectivity index (χ0n) is 14.7. The summed E-state index contributed by atoms with van der Waals surface area (Å²) < 4.78 is 44.4. The zero-order chi connectivity index (χ0) is 17.9. The van der Waals surface area contributed by atoms with Gasteiger partial charge in [-0.3, -0.25) is 4.90 Å². The molecular formula is C17H26N2O5S. The lowest BCUT2D eigenvalue weighted by molar-refractivity contribution is 0.00776. The molecule has 140 valence electrons. The van der Waals surface area contributed by atoms with E-state index in [0.717, 1.165) is 13.1 Å². The Labute approximate surface area is 149 Å². The molecule has 2 heterocycles. The monoisotopic (exact) mass is 370 g/mol. The van der Waals surface area contributed by atoms with Crippen molar-refractivity contribution in [3.63, 3.8) is 0 Å². The first kappa shape index (κ1) is 18.4. The van der Waals surface area contributed by atoms with Crippen molar-refractivity contribution >= 4 is 10.0 Å². The van der Waals surface area contributed by atoms with Gasteiger partial charge in [-0.2, -0.15) is 0 Å². The smallest absolute Gasteiger partial charge is 0.240 e. The van der Waals surface area contributed by atoms with E-state index in [4.69, 9.17) is 14.2 Å². The van der Waals surface area contributed by atoms with Crippen LogP contribution >= 0.6 is 0 Å². The highest BCUT2D eigenvalue weighted by Gasteiger charge is 2.26. The number of morpholine rings is 1. The third-order valence-electron chi connectivity index (χ3n) is 4.59. The Hall–Kier alpha value is -1.35. The minimum absolute atomic E-state index is 0.135. The molecule has 1 aromatic rings. The van der Waals surface area contributed by atoms with E-state index in [2.05, 4.69) is 23.5 Å². The molecule has 1 aromatic carbocycles. The van der Waals surface area contributed by atoms with E-state index in [1.165, 1.54) is 6.07 Å². The second-order valence-corrected chi connectivity index (χ2v) is 8.38. The van der Waals surface area contributed by atoms with Crippen molar-refractivity contribution in [1.29, 1.82) is 0 Å². The van der Waals surface area contributed by atoms with Crippen LogP contribution in [0.15, 0.2) is 23.1 Å². The summed E-state index contributed by atoms with van der Waals surface area (Å²) in [6, 6.07) is 4.85. The number of rotatable bonds is 6. The molecule has 3 rings (SSSR count). The molecule has 8 heteroatoms. The highest BCUT2D eigenvalue weighted by Crippen LogP contribution is 2.32. The summed E-state index contributed by atoms with van der Waals surface area (Å²) in [6.07, 6.45) is 0. The second kappa shape index (κ2) is 7.90. The van der Waals surface area contributed by atoms with E-state index in [-0.39, 0.29) is 10.9 Å². The predicted octanol–water partition coefficient (Wildman–Crippen LogP) is 1.09. The molecule has 0 radical (unpaired) electrons. The van der Waals surface area contributed by atoms with Gasteiger partial charge in [-0.05, 0) is 18.1 Å². The van der Waals surface area contributed by atoms with E-state index in [0.29, 0.717) is 50.4 Å². The number of benzene rings is 1. The average molecular weight is 370 g/mol. The fraction of sp³-hybridized carbons (Fsp3) is 0.647. The fourth-order valence-corrected chi connectivity index (χ4v) is 4.23. The molecule has 2 aliphatic rings. The number of ether oxygens (including phenoxy) is 3. The lowest BCUT2D eigenvalue weighted by Crippen LogP contribution is -2.51. The largest absolute Gasteiger partial charge is 0.486 e. The first-order valence-electron chi connectivity index (χ1n) is 8.68. The summed E-state index contributed by atoms with van der Waals surface area (Å²) in [5.74, 6) is 1.39. The van der Waals surface area contributed by atoms with E-state index in [9.17, 15) is 8.42 Å². The molecule has 0 aliphatic carbocycles. The third-order valence-corrected chi connectivity index (χ3v) is 6.01. The van der Waals surface area contributed by atoms with Gasteiger partial charge in [0.05, 0.1) is 18.1 Å². The van der Waals surface area contributed by atoms with Crippen molar-refractivity contribution in [2.75, 3.05) is 46.1 Å². The fourth-order valence-electron chi connectivity index (χ4n) is 3.16. The summed E-state index contributed by atoms with van der Waals surface area (Å²) in [7, 11) is -3.60. The van der Waals surface area contributed by atoms with Gasteiger partial charge in [0.15, 0.2) is 11.5 Å². The Bertz CT molecular complexity index is 686. The van der Waals surface area contributed by atoms with Gasteiger partial charge in [-0.15, -0.1) is 0 Å². The molecule has 7 nitrogen and oxygen atoms in total.